The smallest absolute Gasteiger partial charge is 0.240 e. The highest BCUT2D eigenvalue weighted by Gasteiger charge is 2.31. The van der Waals surface area contributed by atoms with Gasteiger partial charge in [0.15, 0.2) is 9.84 Å². The molecule has 3 aromatic rings. The molecule has 1 aliphatic rings. The number of sulfone groups is 1. The standard InChI is InChI=1S/C25H24N2O3S/c1-18-8-14-23(15-9-18)31(29,30)17-20-10-12-21(13-11-20)24-16-25(27(26-24)19(2)28)22-6-4-3-5-7-22/h3-15,25H,16-17H2,1-2H3. The summed E-state index contributed by atoms with van der Waals surface area (Å²) in [6.45, 7) is 3.44. The minimum atomic E-state index is -3.41. The number of nitrogens with zero attached hydrogens (tertiary/aromatic N) is 2. The fourth-order valence-electron chi connectivity index (χ4n) is 3.75. The van der Waals surface area contributed by atoms with Crippen LogP contribution in [0, 0.1) is 6.92 Å². The largest absolute Gasteiger partial charge is 0.273 e. The minimum Gasteiger partial charge on any atom is -0.273 e. The molecule has 31 heavy (non-hydrogen) atoms. The van der Waals surface area contributed by atoms with Crippen molar-refractivity contribution in [3.63, 3.8) is 0 Å². The Labute approximate surface area is 183 Å². The average molecular weight is 433 g/mol. The molecule has 6 heteroatoms. The van der Waals surface area contributed by atoms with E-state index >= 15 is 0 Å². The van der Waals surface area contributed by atoms with E-state index < -0.39 is 9.84 Å². The Bertz CT molecular complexity index is 1220. The van der Waals surface area contributed by atoms with Crippen molar-refractivity contribution in [1.82, 2.24) is 5.01 Å². The number of aryl methyl sites for hydroxylation is 1. The molecule has 158 valence electrons. The summed E-state index contributed by atoms with van der Waals surface area (Å²) in [7, 11) is -3.41. The van der Waals surface area contributed by atoms with Crippen LogP contribution in [-0.4, -0.2) is 25.0 Å². The molecule has 0 spiro atoms. The molecule has 0 aromatic heterocycles. The van der Waals surface area contributed by atoms with Crippen LogP contribution in [0.1, 0.15) is 41.6 Å². The van der Waals surface area contributed by atoms with E-state index in [1.54, 1.807) is 24.3 Å². The molecule has 5 nitrogen and oxygen atoms in total. The first kappa shape index (κ1) is 21.0. The van der Waals surface area contributed by atoms with E-state index in [4.69, 9.17) is 0 Å². The molecule has 1 unspecified atom stereocenters. The molecule has 1 aliphatic heterocycles. The highest BCUT2D eigenvalue weighted by molar-refractivity contribution is 7.90. The zero-order valence-corrected chi connectivity index (χ0v) is 18.3. The van der Waals surface area contributed by atoms with E-state index in [0.29, 0.717) is 16.9 Å². The zero-order chi connectivity index (χ0) is 22.0. The summed E-state index contributed by atoms with van der Waals surface area (Å²) in [4.78, 5) is 12.4. The lowest BCUT2D eigenvalue weighted by Crippen LogP contribution is -2.24. The Morgan fingerprint density at radius 1 is 0.968 bits per heavy atom. The van der Waals surface area contributed by atoms with Gasteiger partial charge in [0.2, 0.25) is 5.91 Å². The second-order valence-electron chi connectivity index (χ2n) is 7.81. The molecule has 1 heterocycles. The first-order chi connectivity index (χ1) is 14.8. The maximum absolute atomic E-state index is 12.7. The van der Waals surface area contributed by atoms with Crippen LogP contribution in [0.25, 0.3) is 0 Å². The molecule has 0 saturated carbocycles. The number of carbonyl (C=O) groups is 1. The average Bonchev–Trinajstić information content (AvgIpc) is 3.21. The van der Waals surface area contributed by atoms with Crippen molar-refractivity contribution in [3.8, 4) is 0 Å². The van der Waals surface area contributed by atoms with Crippen LogP contribution in [0.3, 0.4) is 0 Å². The quantitative estimate of drug-likeness (QED) is 0.589. The summed E-state index contributed by atoms with van der Waals surface area (Å²) in [5.74, 6) is -0.167. The summed E-state index contributed by atoms with van der Waals surface area (Å²) in [6.07, 6.45) is 0.616. The molecule has 4 rings (SSSR count). The molecule has 0 saturated heterocycles. The first-order valence-electron chi connectivity index (χ1n) is 10.1. The van der Waals surface area contributed by atoms with Gasteiger partial charge >= 0.3 is 0 Å². The van der Waals surface area contributed by atoms with Crippen molar-refractivity contribution in [2.45, 2.75) is 37.0 Å². The number of hydrogen-bond acceptors (Lipinski definition) is 4. The van der Waals surface area contributed by atoms with Gasteiger partial charge in [0.25, 0.3) is 0 Å². The lowest BCUT2D eigenvalue weighted by molar-refractivity contribution is -0.130. The molecular formula is C25H24N2O3S. The van der Waals surface area contributed by atoms with Gasteiger partial charge in [0.05, 0.1) is 22.4 Å². The molecule has 1 atom stereocenters. The predicted octanol–water partition coefficient (Wildman–Crippen LogP) is 4.67. The number of hydrazone groups is 1. The van der Waals surface area contributed by atoms with Crippen molar-refractivity contribution < 1.29 is 13.2 Å². The van der Waals surface area contributed by atoms with E-state index in [9.17, 15) is 13.2 Å². The maximum atomic E-state index is 12.7. The first-order valence-corrected chi connectivity index (χ1v) is 11.8. The number of carbonyl (C=O) groups excluding carboxylic acids is 1. The molecule has 1 amide bonds. The summed E-state index contributed by atoms with van der Waals surface area (Å²) >= 11 is 0. The van der Waals surface area contributed by atoms with E-state index in [2.05, 4.69) is 5.10 Å². The third-order valence-corrected chi connectivity index (χ3v) is 7.15. The Morgan fingerprint density at radius 3 is 2.23 bits per heavy atom. The number of benzene rings is 3. The fraction of sp³-hybridized carbons (Fsp3) is 0.200. The van der Waals surface area contributed by atoms with E-state index in [1.807, 2.05) is 61.5 Å². The predicted molar refractivity (Wildman–Crippen MR) is 121 cm³/mol. The Morgan fingerprint density at radius 2 is 1.61 bits per heavy atom. The molecule has 0 aliphatic carbocycles. The Balaban J connectivity index is 1.53. The van der Waals surface area contributed by atoms with Crippen LogP contribution in [0.15, 0.2) is 88.9 Å². The second kappa shape index (κ2) is 8.47. The van der Waals surface area contributed by atoms with Crippen LogP contribution in [0.5, 0.6) is 0 Å². The molecule has 0 N–H and O–H groups in total. The molecular weight excluding hydrogens is 408 g/mol. The van der Waals surface area contributed by atoms with Crippen LogP contribution in [0.2, 0.25) is 0 Å². The van der Waals surface area contributed by atoms with Gasteiger partial charge in [-0.05, 0) is 35.7 Å². The van der Waals surface area contributed by atoms with Crippen molar-refractivity contribution in [3.05, 3.63) is 101 Å². The van der Waals surface area contributed by atoms with Gasteiger partial charge in [-0.3, -0.25) is 4.79 Å². The van der Waals surface area contributed by atoms with Crippen molar-refractivity contribution in [2.24, 2.45) is 5.10 Å². The normalized spacial score (nSPS) is 16.3. The monoisotopic (exact) mass is 432 g/mol. The molecule has 3 aromatic carbocycles. The van der Waals surface area contributed by atoms with E-state index in [-0.39, 0.29) is 17.7 Å². The molecule has 0 bridgehead atoms. The Hall–Kier alpha value is -3.25. The fourth-order valence-corrected chi connectivity index (χ4v) is 5.10. The Kier molecular flexibility index (Phi) is 5.74. The lowest BCUT2D eigenvalue weighted by atomic mass is 9.98. The van der Waals surface area contributed by atoms with Crippen molar-refractivity contribution >= 4 is 21.5 Å². The van der Waals surface area contributed by atoms with Crippen LogP contribution in [-0.2, 0) is 20.4 Å². The van der Waals surface area contributed by atoms with Crippen LogP contribution >= 0.6 is 0 Å². The second-order valence-corrected chi connectivity index (χ2v) is 9.80. The van der Waals surface area contributed by atoms with E-state index in [0.717, 1.165) is 22.4 Å². The van der Waals surface area contributed by atoms with Crippen molar-refractivity contribution in [1.29, 1.82) is 0 Å². The maximum Gasteiger partial charge on any atom is 0.240 e. The summed E-state index contributed by atoms with van der Waals surface area (Å²) in [5.41, 5.74) is 4.48. The highest BCUT2D eigenvalue weighted by atomic mass is 32.2. The highest BCUT2D eigenvalue weighted by Crippen LogP contribution is 2.32. The topological polar surface area (TPSA) is 66.8 Å². The van der Waals surface area contributed by atoms with Crippen LogP contribution < -0.4 is 0 Å². The van der Waals surface area contributed by atoms with Gasteiger partial charge in [-0.2, -0.15) is 5.10 Å². The number of amides is 1. The van der Waals surface area contributed by atoms with Gasteiger partial charge in [0.1, 0.15) is 0 Å². The number of rotatable bonds is 5. The van der Waals surface area contributed by atoms with Gasteiger partial charge in [-0.15, -0.1) is 0 Å². The van der Waals surface area contributed by atoms with Gasteiger partial charge < -0.3 is 0 Å². The summed E-state index contributed by atoms with van der Waals surface area (Å²) < 4.78 is 25.4. The summed E-state index contributed by atoms with van der Waals surface area (Å²) in [5, 5.41) is 6.09. The van der Waals surface area contributed by atoms with Gasteiger partial charge in [-0.1, -0.05) is 72.3 Å². The minimum absolute atomic E-state index is 0.0605. The SMILES string of the molecule is CC(=O)N1N=C(c2ccc(CS(=O)(=O)c3ccc(C)cc3)cc2)CC1c1ccccc1. The van der Waals surface area contributed by atoms with E-state index in [1.165, 1.54) is 11.9 Å². The van der Waals surface area contributed by atoms with Gasteiger partial charge in [-0.25, -0.2) is 13.4 Å². The third kappa shape index (κ3) is 4.59. The third-order valence-electron chi connectivity index (χ3n) is 5.44. The van der Waals surface area contributed by atoms with Crippen LogP contribution in [0.4, 0.5) is 0 Å². The van der Waals surface area contributed by atoms with Gasteiger partial charge in [0, 0.05) is 13.3 Å². The lowest BCUT2D eigenvalue weighted by Gasteiger charge is -2.20. The molecule has 0 fully saturated rings. The summed E-state index contributed by atoms with van der Waals surface area (Å²) in [6, 6.07) is 24.0. The zero-order valence-electron chi connectivity index (χ0n) is 17.5. The molecule has 0 radical (unpaired) electrons. The van der Waals surface area contributed by atoms with Crippen molar-refractivity contribution in [2.75, 3.05) is 0 Å². The number of hydrogen-bond donors (Lipinski definition) is 0.